The first-order chi connectivity index (χ1) is 8.13. The monoisotopic (exact) mass is 253 g/mol. The maximum Gasteiger partial charge on any atom is 0.0897 e. The van der Waals surface area contributed by atoms with Crippen LogP contribution in [0.25, 0.3) is 0 Å². The lowest BCUT2D eigenvalue weighted by atomic mass is 10.0. The predicted octanol–water partition coefficient (Wildman–Crippen LogP) is 2.27. The Balaban J connectivity index is 1.85. The fourth-order valence-electron chi connectivity index (χ4n) is 2.46. The fraction of sp³-hybridized carbons (Fsp3) is 0.769. The van der Waals surface area contributed by atoms with E-state index in [-0.39, 0.29) is 0 Å². The summed E-state index contributed by atoms with van der Waals surface area (Å²) in [6, 6.07) is 0.665. The number of hydrogen-bond donors (Lipinski definition) is 1. The van der Waals surface area contributed by atoms with E-state index >= 15 is 0 Å². The molecule has 4 heteroatoms. The number of aryl methyl sites for hydroxylation is 1. The van der Waals surface area contributed by atoms with E-state index in [1.165, 1.54) is 22.9 Å². The highest BCUT2D eigenvalue weighted by atomic mass is 32.1. The Kier molecular flexibility index (Phi) is 4.54. The molecule has 1 unspecified atom stereocenters. The molecule has 0 amide bonds. The van der Waals surface area contributed by atoms with Crippen molar-refractivity contribution in [2.45, 2.75) is 39.8 Å². The largest absolute Gasteiger partial charge is 0.311 e. The first-order valence-corrected chi connectivity index (χ1v) is 7.32. The van der Waals surface area contributed by atoms with Crippen molar-refractivity contribution in [3.63, 3.8) is 0 Å². The van der Waals surface area contributed by atoms with Crippen LogP contribution in [0.3, 0.4) is 0 Å². The summed E-state index contributed by atoms with van der Waals surface area (Å²) >= 11 is 1.82. The van der Waals surface area contributed by atoms with E-state index in [2.05, 4.69) is 36.0 Å². The Morgan fingerprint density at radius 1 is 1.59 bits per heavy atom. The normalized spacial score (nSPS) is 22.2. The summed E-state index contributed by atoms with van der Waals surface area (Å²) in [5.74, 6) is 0.776. The van der Waals surface area contributed by atoms with Crippen LogP contribution in [0, 0.1) is 12.8 Å². The molecule has 96 valence electrons. The number of thiazole rings is 1. The number of piperazine rings is 1. The second kappa shape index (κ2) is 5.94. The minimum Gasteiger partial charge on any atom is -0.311 e. The molecule has 1 aliphatic heterocycles. The first-order valence-electron chi connectivity index (χ1n) is 6.50. The summed E-state index contributed by atoms with van der Waals surface area (Å²) in [4.78, 5) is 8.27. The molecule has 1 aromatic heterocycles. The molecule has 1 fully saturated rings. The van der Waals surface area contributed by atoms with Gasteiger partial charge in [-0.1, -0.05) is 13.8 Å². The molecular formula is C13H23N3S. The van der Waals surface area contributed by atoms with E-state index in [4.69, 9.17) is 0 Å². The maximum atomic E-state index is 4.33. The van der Waals surface area contributed by atoms with Gasteiger partial charge in [0.1, 0.15) is 0 Å². The standard InChI is InChI=1S/C13H23N3S/c1-10(2)6-12-8-16(5-4-14-12)9-13-7-15-11(3)17-13/h7,10,12,14H,4-6,8-9H2,1-3H3. The van der Waals surface area contributed by atoms with Gasteiger partial charge in [0.05, 0.1) is 5.01 Å². The van der Waals surface area contributed by atoms with Crippen molar-refractivity contribution in [1.29, 1.82) is 0 Å². The van der Waals surface area contributed by atoms with Gasteiger partial charge < -0.3 is 5.32 Å². The van der Waals surface area contributed by atoms with Crippen LogP contribution >= 0.6 is 11.3 Å². The van der Waals surface area contributed by atoms with E-state index in [9.17, 15) is 0 Å². The summed E-state index contributed by atoms with van der Waals surface area (Å²) in [6.45, 7) is 11.2. The average molecular weight is 253 g/mol. The van der Waals surface area contributed by atoms with Crippen LogP contribution in [0.4, 0.5) is 0 Å². The molecule has 1 aliphatic rings. The fourth-order valence-corrected chi connectivity index (χ4v) is 3.30. The maximum absolute atomic E-state index is 4.33. The van der Waals surface area contributed by atoms with Crippen molar-refractivity contribution < 1.29 is 0 Å². The Morgan fingerprint density at radius 3 is 3.06 bits per heavy atom. The molecule has 1 N–H and O–H groups in total. The molecule has 0 radical (unpaired) electrons. The third-order valence-corrected chi connectivity index (χ3v) is 4.04. The molecule has 1 saturated heterocycles. The number of hydrogen-bond acceptors (Lipinski definition) is 4. The number of rotatable bonds is 4. The lowest BCUT2D eigenvalue weighted by Crippen LogP contribution is -2.50. The lowest BCUT2D eigenvalue weighted by molar-refractivity contribution is 0.181. The van der Waals surface area contributed by atoms with Crippen LogP contribution < -0.4 is 5.32 Å². The minimum absolute atomic E-state index is 0.665. The molecule has 2 heterocycles. The summed E-state index contributed by atoms with van der Waals surface area (Å²) in [5.41, 5.74) is 0. The van der Waals surface area contributed by atoms with Gasteiger partial charge in [-0.3, -0.25) is 4.90 Å². The van der Waals surface area contributed by atoms with E-state index < -0.39 is 0 Å². The predicted molar refractivity (Wildman–Crippen MR) is 73.4 cm³/mol. The highest BCUT2D eigenvalue weighted by Crippen LogP contribution is 2.16. The minimum atomic E-state index is 0.665. The molecular weight excluding hydrogens is 230 g/mol. The average Bonchev–Trinajstić information content (AvgIpc) is 2.63. The lowest BCUT2D eigenvalue weighted by Gasteiger charge is -2.34. The first kappa shape index (κ1) is 13.0. The highest BCUT2D eigenvalue weighted by molar-refractivity contribution is 7.11. The van der Waals surface area contributed by atoms with E-state index in [1.807, 2.05) is 17.5 Å². The quantitative estimate of drug-likeness (QED) is 0.892. The Labute approximate surface area is 108 Å². The Morgan fingerprint density at radius 2 is 2.41 bits per heavy atom. The molecule has 1 aromatic rings. The second-order valence-corrected chi connectivity index (χ2v) is 6.68. The van der Waals surface area contributed by atoms with Crippen LogP contribution in [0.1, 0.15) is 30.2 Å². The zero-order valence-electron chi connectivity index (χ0n) is 11.1. The molecule has 2 rings (SSSR count). The van der Waals surface area contributed by atoms with Gasteiger partial charge in [-0.2, -0.15) is 0 Å². The van der Waals surface area contributed by atoms with Crippen LogP contribution in [-0.2, 0) is 6.54 Å². The SMILES string of the molecule is Cc1ncc(CN2CCNC(CC(C)C)C2)s1. The van der Waals surface area contributed by atoms with Crippen LogP contribution in [0.2, 0.25) is 0 Å². The van der Waals surface area contributed by atoms with E-state index in [1.54, 1.807) is 0 Å². The Bertz CT molecular complexity index is 348. The molecule has 0 aliphatic carbocycles. The molecule has 0 saturated carbocycles. The summed E-state index contributed by atoms with van der Waals surface area (Å²) in [6.07, 6.45) is 3.30. The zero-order valence-corrected chi connectivity index (χ0v) is 11.9. The van der Waals surface area contributed by atoms with Crippen LogP contribution in [0.15, 0.2) is 6.20 Å². The van der Waals surface area contributed by atoms with Crippen molar-refractivity contribution in [2.24, 2.45) is 5.92 Å². The van der Waals surface area contributed by atoms with E-state index in [0.717, 1.165) is 25.6 Å². The summed E-state index contributed by atoms with van der Waals surface area (Å²) in [7, 11) is 0. The number of nitrogens with zero attached hydrogens (tertiary/aromatic N) is 2. The van der Waals surface area contributed by atoms with Crippen LogP contribution in [-0.4, -0.2) is 35.6 Å². The van der Waals surface area contributed by atoms with Crippen molar-refractivity contribution in [3.8, 4) is 0 Å². The van der Waals surface area contributed by atoms with Gasteiger partial charge in [0, 0.05) is 43.3 Å². The van der Waals surface area contributed by atoms with Crippen LogP contribution in [0.5, 0.6) is 0 Å². The molecule has 3 nitrogen and oxygen atoms in total. The molecule has 17 heavy (non-hydrogen) atoms. The van der Waals surface area contributed by atoms with Gasteiger partial charge in [-0.25, -0.2) is 4.98 Å². The van der Waals surface area contributed by atoms with Gasteiger partial charge in [-0.05, 0) is 19.3 Å². The third-order valence-electron chi connectivity index (χ3n) is 3.14. The van der Waals surface area contributed by atoms with Gasteiger partial charge in [0.15, 0.2) is 0 Å². The molecule has 0 aromatic carbocycles. The number of aromatic nitrogens is 1. The van der Waals surface area contributed by atoms with Gasteiger partial charge >= 0.3 is 0 Å². The summed E-state index contributed by atoms with van der Waals surface area (Å²) in [5, 5.41) is 4.79. The smallest absolute Gasteiger partial charge is 0.0897 e. The van der Waals surface area contributed by atoms with Crippen molar-refractivity contribution >= 4 is 11.3 Å². The van der Waals surface area contributed by atoms with Gasteiger partial charge in [0.2, 0.25) is 0 Å². The van der Waals surface area contributed by atoms with E-state index in [0.29, 0.717) is 6.04 Å². The molecule has 0 spiro atoms. The van der Waals surface area contributed by atoms with Crippen molar-refractivity contribution in [1.82, 2.24) is 15.2 Å². The van der Waals surface area contributed by atoms with Gasteiger partial charge in [0.25, 0.3) is 0 Å². The third kappa shape index (κ3) is 4.05. The summed E-state index contributed by atoms with van der Waals surface area (Å²) < 4.78 is 0. The molecule has 1 atom stereocenters. The van der Waals surface area contributed by atoms with Gasteiger partial charge in [-0.15, -0.1) is 11.3 Å². The second-order valence-electron chi connectivity index (χ2n) is 5.36. The Hall–Kier alpha value is -0.450. The van der Waals surface area contributed by atoms with Crippen molar-refractivity contribution in [2.75, 3.05) is 19.6 Å². The number of nitrogens with one attached hydrogen (secondary N) is 1. The topological polar surface area (TPSA) is 28.2 Å². The van der Waals surface area contributed by atoms with Crippen molar-refractivity contribution in [3.05, 3.63) is 16.1 Å². The molecule has 0 bridgehead atoms. The highest BCUT2D eigenvalue weighted by Gasteiger charge is 2.20. The zero-order chi connectivity index (χ0) is 12.3.